The molecule has 0 aliphatic rings. The number of ketones is 1. The zero-order valence-electron chi connectivity index (χ0n) is 7.88. The molecule has 70 valence electrons. The largest absolute Gasteiger partial charge is 0.293 e. The Balaban J connectivity index is 2.95. The van der Waals surface area contributed by atoms with Gasteiger partial charge in [0, 0.05) is 5.56 Å². The molecule has 13 heavy (non-hydrogen) atoms. The molecule has 1 rings (SSSR count). The van der Waals surface area contributed by atoms with Crippen molar-refractivity contribution in [3.63, 3.8) is 0 Å². The first-order valence-corrected chi connectivity index (χ1v) is 5.34. The maximum Gasteiger partial charge on any atom is 0.176 e. The molecule has 0 spiro atoms. The van der Waals surface area contributed by atoms with E-state index in [1.807, 2.05) is 31.2 Å². The van der Waals surface area contributed by atoms with Gasteiger partial charge < -0.3 is 0 Å². The van der Waals surface area contributed by atoms with Crippen molar-refractivity contribution in [2.45, 2.75) is 25.1 Å². The summed E-state index contributed by atoms with van der Waals surface area (Å²) in [6.07, 6.45) is 0.970. The lowest BCUT2D eigenvalue weighted by molar-refractivity contribution is 0.0996. The smallest absolute Gasteiger partial charge is 0.176 e. The van der Waals surface area contributed by atoms with Crippen molar-refractivity contribution in [1.29, 1.82) is 0 Å². The minimum absolute atomic E-state index is 0.0976. The number of rotatable bonds is 3. The van der Waals surface area contributed by atoms with Crippen LogP contribution in [0.3, 0.4) is 0 Å². The summed E-state index contributed by atoms with van der Waals surface area (Å²) in [5.74, 6) is 0.148. The van der Waals surface area contributed by atoms with Crippen molar-refractivity contribution in [3.8, 4) is 0 Å². The Kier molecular flexibility index (Phi) is 3.67. The lowest BCUT2D eigenvalue weighted by Crippen LogP contribution is -2.09. The van der Waals surface area contributed by atoms with Crippen LogP contribution >= 0.6 is 15.9 Å². The lowest BCUT2D eigenvalue weighted by Gasteiger charge is -2.04. The third-order valence-electron chi connectivity index (χ3n) is 1.98. The molecule has 1 atom stereocenters. The Labute approximate surface area is 87.3 Å². The van der Waals surface area contributed by atoms with E-state index in [-0.39, 0.29) is 10.6 Å². The van der Waals surface area contributed by atoms with Gasteiger partial charge in [0.25, 0.3) is 0 Å². The first-order valence-electron chi connectivity index (χ1n) is 4.42. The monoisotopic (exact) mass is 240 g/mol. The Morgan fingerprint density at radius 3 is 2.77 bits per heavy atom. The molecule has 0 bridgehead atoms. The Morgan fingerprint density at radius 2 is 2.23 bits per heavy atom. The molecule has 0 saturated heterocycles. The highest BCUT2D eigenvalue weighted by molar-refractivity contribution is 9.10. The summed E-state index contributed by atoms with van der Waals surface area (Å²) in [5, 5.41) is 0. The molecule has 0 N–H and O–H groups in total. The fourth-order valence-corrected chi connectivity index (χ4v) is 1.44. The molecule has 0 aliphatic heterocycles. The van der Waals surface area contributed by atoms with Crippen LogP contribution in [0.4, 0.5) is 0 Å². The molecule has 0 aliphatic carbocycles. The quantitative estimate of drug-likeness (QED) is 0.586. The molecule has 0 amide bonds. The molecule has 1 aromatic carbocycles. The van der Waals surface area contributed by atoms with Crippen molar-refractivity contribution in [1.82, 2.24) is 0 Å². The van der Waals surface area contributed by atoms with Crippen LogP contribution in [0.2, 0.25) is 0 Å². The van der Waals surface area contributed by atoms with E-state index in [1.54, 1.807) is 0 Å². The molecule has 1 nitrogen and oxygen atoms in total. The van der Waals surface area contributed by atoms with Gasteiger partial charge in [-0.15, -0.1) is 0 Å². The number of hydrogen-bond acceptors (Lipinski definition) is 1. The molecule has 0 radical (unpaired) electrons. The third-order valence-corrected chi connectivity index (χ3v) is 2.40. The van der Waals surface area contributed by atoms with Gasteiger partial charge in [0.15, 0.2) is 5.78 Å². The van der Waals surface area contributed by atoms with E-state index in [9.17, 15) is 4.79 Å². The summed E-state index contributed by atoms with van der Waals surface area (Å²) < 4.78 is 0. The third kappa shape index (κ3) is 2.66. The Morgan fingerprint density at radius 1 is 1.54 bits per heavy atom. The molecular weight excluding hydrogens is 228 g/mol. The van der Waals surface area contributed by atoms with Crippen LogP contribution < -0.4 is 0 Å². The number of carbonyl (C=O) groups is 1. The highest BCUT2D eigenvalue weighted by Crippen LogP contribution is 2.12. The average Bonchev–Trinajstić information content (AvgIpc) is 2.16. The van der Waals surface area contributed by atoms with Gasteiger partial charge in [-0.25, -0.2) is 0 Å². The van der Waals surface area contributed by atoms with Gasteiger partial charge in [0.05, 0.1) is 4.83 Å². The fraction of sp³-hybridized carbons (Fsp3) is 0.364. The molecule has 1 aromatic rings. The second kappa shape index (κ2) is 4.56. The maximum atomic E-state index is 11.6. The number of benzene rings is 1. The van der Waals surface area contributed by atoms with E-state index in [1.165, 1.54) is 5.56 Å². The van der Waals surface area contributed by atoms with Crippen molar-refractivity contribution in [3.05, 3.63) is 35.4 Å². The highest BCUT2D eigenvalue weighted by atomic mass is 79.9. The SMILES string of the molecule is CCc1cccc(C(=O)C(C)Br)c1. The predicted molar refractivity (Wildman–Crippen MR) is 58.5 cm³/mol. The van der Waals surface area contributed by atoms with E-state index < -0.39 is 0 Å². The minimum Gasteiger partial charge on any atom is -0.293 e. The number of carbonyl (C=O) groups excluding carboxylic acids is 1. The van der Waals surface area contributed by atoms with E-state index in [4.69, 9.17) is 0 Å². The first kappa shape index (κ1) is 10.5. The van der Waals surface area contributed by atoms with Gasteiger partial charge in [0.1, 0.15) is 0 Å². The number of aryl methyl sites for hydroxylation is 1. The molecular formula is C11H13BrO. The van der Waals surface area contributed by atoms with Gasteiger partial charge >= 0.3 is 0 Å². The van der Waals surface area contributed by atoms with E-state index >= 15 is 0 Å². The Bertz CT molecular complexity index is 305. The summed E-state index contributed by atoms with van der Waals surface area (Å²) in [6, 6.07) is 7.79. The van der Waals surface area contributed by atoms with Crippen molar-refractivity contribution in [2.24, 2.45) is 0 Å². The average molecular weight is 241 g/mol. The van der Waals surface area contributed by atoms with Crippen LogP contribution in [-0.4, -0.2) is 10.6 Å². The molecule has 0 saturated carbocycles. The molecule has 2 heteroatoms. The highest BCUT2D eigenvalue weighted by Gasteiger charge is 2.11. The van der Waals surface area contributed by atoms with Crippen LogP contribution in [0, 0.1) is 0 Å². The zero-order valence-corrected chi connectivity index (χ0v) is 9.47. The standard InChI is InChI=1S/C11H13BrO/c1-3-9-5-4-6-10(7-9)11(13)8(2)12/h4-8H,3H2,1-2H3. The number of halogens is 1. The van der Waals surface area contributed by atoms with E-state index in [2.05, 4.69) is 22.9 Å². The predicted octanol–water partition coefficient (Wildman–Crippen LogP) is 3.22. The topological polar surface area (TPSA) is 17.1 Å². The normalized spacial score (nSPS) is 12.5. The van der Waals surface area contributed by atoms with E-state index in [0.29, 0.717) is 0 Å². The van der Waals surface area contributed by atoms with Crippen molar-refractivity contribution in [2.75, 3.05) is 0 Å². The number of alkyl halides is 1. The second-order valence-corrected chi connectivity index (χ2v) is 4.41. The van der Waals surface area contributed by atoms with Gasteiger partial charge in [-0.1, -0.05) is 41.1 Å². The van der Waals surface area contributed by atoms with Crippen LogP contribution in [0.25, 0.3) is 0 Å². The molecule has 0 fully saturated rings. The summed E-state index contributed by atoms with van der Waals surface area (Å²) in [6.45, 7) is 3.93. The molecule has 0 aromatic heterocycles. The first-order chi connectivity index (χ1) is 6.15. The fourth-order valence-electron chi connectivity index (χ4n) is 1.17. The second-order valence-electron chi connectivity index (χ2n) is 3.03. The zero-order chi connectivity index (χ0) is 9.84. The summed E-state index contributed by atoms with van der Waals surface area (Å²) in [7, 11) is 0. The van der Waals surface area contributed by atoms with Gasteiger partial charge in [-0.3, -0.25) is 4.79 Å². The van der Waals surface area contributed by atoms with Crippen LogP contribution in [0.15, 0.2) is 24.3 Å². The lowest BCUT2D eigenvalue weighted by atomic mass is 10.0. The number of hydrogen-bond donors (Lipinski definition) is 0. The van der Waals surface area contributed by atoms with E-state index in [0.717, 1.165) is 12.0 Å². The van der Waals surface area contributed by atoms with Crippen LogP contribution in [0.1, 0.15) is 29.8 Å². The molecule has 1 unspecified atom stereocenters. The summed E-state index contributed by atoms with van der Waals surface area (Å²) >= 11 is 3.27. The Hall–Kier alpha value is -0.630. The molecule has 0 heterocycles. The summed E-state index contributed by atoms with van der Waals surface area (Å²) in [5.41, 5.74) is 2.00. The van der Waals surface area contributed by atoms with Crippen LogP contribution in [-0.2, 0) is 6.42 Å². The summed E-state index contributed by atoms with van der Waals surface area (Å²) in [4.78, 5) is 11.5. The van der Waals surface area contributed by atoms with Gasteiger partial charge in [-0.05, 0) is 25.0 Å². The van der Waals surface area contributed by atoms with Crippen molar-refractivity contribution >= 4 is 21.7 Å². The van der Waals surface area contributed by atoms with Crippen LogP contribution in [0.5, 0.6) is 0 Å². The number of Topliss-reactive ketones (excluding diaryl/α,β-unsaturated/α-hetero) is 1. The van der Waals surface area contributed by atoms with Gasteiger partial charge in [0.2, 0.25) is 0 Å². The maximum absolute atomic E-state index is 11.6. The van der Waals surface area contributed by atoms with Gasteiger partial charge in [-0.2, -0.15) is 0 Å². The minimum atomic E-state index is -0.0976. The van der Waals surface area contributed by atoms with Crippen molar-refractivity contribution < 1.29 is 4.79 Å².